The summed E-state index contributed by atoms with van der Waals surface area (Å²) in [6, 6.07) is 6.72. The molecule has 2 aliphatic rings. The number of nitrogens with zero attached hydrogens (tertiary/aromatic N) is 4. The predicted molar refractivity (Wildman–Crippen MR) is 102 cm³/mol. The van der Waals surface area contributed by atoms with E-state index in [1.165, 1.54) is 16.7 Å². The molecule has 1 aromatic carbocycles. The van der Waals surface area contributed by atoms with Gasteiger partial charge >= 0.3 is 0 Å². The number of ether oxygens (including phenoxy) is 1. The lowest BCUT2D eigenvalue weighted by atomic mass is 9.97. The quantitative estimate of drug-likeness (QED) is 0.834. The Labute approximate surface area is 160 Å². The Bertz CT molecular complexity index is 811. The Balaban J connectivity index is 1.48. The van der Waals surface area contributed by atoms with E-state index in [0.29, 0.717) is 18.8 Å². The Morgan fingerprint density at radius 3 is 2.89 bits per heavy atom. The molecule has 0 N–H and O–H groups in total. The van der Waals surface area contributed by atoms with E-state index in [4.69, 9.17) is 4.74 Å². The first-order valence-electron chi connectivity index (χ1n) is 9.59. The molecule has 0 bridgehead atoms. The maximum Gasteiger partial charge on any atom is 0.274 e. The van der Waals surface area contributed by atoms with E-state index in [9.17, 15) is 4.79 Å². The third-order valence-corrected chi connectivity index (χ3v) is 5.69. The molecule has 2 saturated heterocycles. The van der Waals surface area contributed by atoms with Crippen molar-refractivity contribution in [3.8, 4) is 0 Å². The fourth-order valence-electron chi connectivity index (χ4n) is 4.05. The highest BCUT2D eigenvalue weighted by molar-refractivity contribution is 5.92. The van der Waals surface area contributed by atoms with Crippen LogP contribution >= 0.6 is 0 Å². The summed E-state index contributed by atoms with van der Waals surface area (Å²) >= 11 is 0. The van der Waals surface area contributed by atoms with E-state index in [0.717, 1.165) is 26.1 Å². The summed E-state index contributed by atoms with van der Waals surface area (Å²) in [5, 5.41) is 0. The predicted octanol–water partition coefficient (Wildman–Crippen LogP) is 2.21. The first-order chi connectivity index (χ1) is 13.1. The van der Waals surface area contributed by atoms with Gasteiger partial charge in [-0.25, -0.2) is 4.98 Å². The summed E-state index contributed by atoms with van der Waals surface area (Å²) in [5.41, 5.74) is 4.37. The summed E-state index contributed by atoms with van der Waals surface area (Å²) in [6.45, 7) is 8.20. The molecular weight excluding hydrogens is 340 g/mol. The highest BCUT2D eigenvalue weighted by atomic mass is 16.5. The van der Waals surface area contributed by atoms with E-state index < -0.39 is 0 Å². The Morgan fingerprint density at radius 1 is 1.22 bits per heavy atom. The zero-order valence-corrected chi connectivity index (χ0v) is 16.0. The number of likely N-dealkylation sites (tertiary alicyclic amines) is 1. The number of amides is 1. The van der Waals surface area contributed by atoms with Crippen molar-refractivity contribution < 1.29 is 9.53 Å². The SMILES string of the molecule is Cc1ccc(CN2CC[C@@H]3OCCN(C(=O)c4cnccn4)[C@H]3C2)cc1C. The molecule has 2 aliphatic heterocycles. The van der Waals surface area contributed by atoms with E-state index in [1.807, 2.05) is 4.90 Å². The molecule has 27 heavy (non-hydrogen) atoms. The third-order valence-electron chi connectivity index (χ3n) is 5.69. The average molecular weight is 366 g/mol. The maximum atomic E-state index is 13.0. The molecule has 0 spiro atoms. The minimum absolute atomic E-state index is 0.0468. The lowest BCUT2D eigenvalue weighted by Gasteiger charge is -2.47. The Hall–Kier alpha value is -2.31. The van der Waals surface area contributed by atoms with Crippen molar-refractivity contribution >= 4 is 5.91 Å². The van der Waals surface area contributed by atoms with Gasteiger partial charge in [-0.2, -0.15) is 0 Å². The van der Waals surface area contributed by atoms with Crippen LogP contribution in [-0.4, -0.2) is 64.1 Å². The van der Waals surface area contributed by atoms with Gasteiger partial charge in [0.25, 0.3) is 5.91 Å². The third kappa shape index (κ3) is 3.87. The summed E-state index contributed by atoms with van der Waals surface area (Å²) in [6.07, 6.45) is 5.75. The van der Waals surface area contributed by atoms with Gasteiger partial charge in [-0.3, -0.25) is 14.7 Å². The monoisotopic (exact) mass is 366 g/mol. The van der Waals surface area contributed by atoms with Gasteiger partial charge in [0, 0.05) is 38.6 Å². The minimum Gasteiger partial charge on any atom is -0.374 e. The molecule has 2 atom stereocenters. The van der Waals surface area contributed by atoms with Crippen LogP contribution in [0.15, 0.2) is 36.8 Å². The molecule has 0 radical (unpaired) electrons. The van der Waals surface area contributed by atoms with Crippen molar-refractivity contribution in [2.24, 2.45) is 0 Å². The number of carbonyl (C=O) groups excluding carboxylic acids is 1. The maximum absolute atomic E-state index is 13.0. The molecule has 0 saturated carbocycles. The smallest absolute Gasteiger partial charge is 0.274 e. The van der Waals surface area contributed by atoms with E-state index in [-0.39, 0.29) is 18.1 Å². The molecule has 142 valence electrons. The molecule has 3 heterocycles. The highest BCUT2D eigenvalue weighted by Gasteiger charge is 2.39. The molecule has 1 aromatic heterocycles. The second-order valence-electron chi connectivity index (χ2n) is 7.51. The van der Waals surface area contributed by atoms with Gasteiger partial charge < -0.3 is 9.64 Å². The number of aryl methyl sites for hydroxylation is 2. The fourth-order valence-corrected chi connectivity index (χ4v) is 4.05. The first kappa shape index (κ1) is 18.1. The van der Waals surface area contributed by atoms with Crippen LogP contribution in [0.2, 0.25) is 0 Å². The van der Waals surface area contributed by atoms with Gasteiger partial charge in [-0.15, -0.1) is 0 Å². The van der Waals surface area contributed by atoms with Gasteiger partial charge in [0.1, 0.15) is 5.69 Å². The lowest BCUT2D eigenvalue weighted by molar-refractivity contribution is -0.0915. The number of piperidine rings is 1. The molecule has 6 heteroatoms. The summed E-state index contributed by atoms with van der Waals surface area (Å²) in [4.78, 5) is 25.5. The van der Waals surface area contributed by atoms with Crippen LogP contribution in [0, 0.1) is 13.8 Å². The van der Waals surface area contributed by atoms with Crippen molar-refractivity contribution in [3.05, 3.63) is 59.2 Å². The summed E-state index contributed by atoms with van der Waals surface area (Å²) in [7, 11) is 0. The first-order valence-corrected chi connectivity index (χ1v) is 9.59. The molecular formula is C21H26N4O2. The molecule has 0 aliphatic carbocycles. The van der Waals surface area contributed by atoms with Gasteiger partial charge in [0.05, 0.1) is 24.9 Å². The summed E-state index contributed by atoms with van der Waals surface area (Å²) < 4.78 is 5.97. The number of hydrogen-bond donors (Lipinski definition) is 0. The Morgan fingerprint density at radius 2 is 2.11 bits per heavy atom. The number of fused-ring (bicyclic) bond motifs is 1. The van der Waals surface area contributed by atoms with E-state index >= 15 is 0 Å². The van der Waals surface area contributed by atoms with Crippen molar-refractivity contribution in [2.45, 2.75) is 39.0 Å². The van der Waals surface area contributed by atoms with Crippen LogP contribution in [0.1, 0.15) is 33.6 Å². The van der Waals surface area contributed by atoms with Crippen LogP contribution in [-0.2, 0) is 11.3 Å². The normalized spacial score (nSPS) is 23.1. The second-order valence-corrected chi connectivity index (χ2v) is 7.51. The van der Waals surface area contributed by atoms with Crippen molar-refractivity contribution in [1.29, 1.82) is 0 Å². The topological polar surface area (TPSA) is 58.6 Å². The van der Waals surface area contributed by atoms with Crippen molar-refractivity contribution in [3.63, 3.8) is 0 Å². The van der Waals surface area contributed by atoms with Gasteiger partial charge in [0.2, 0.25) is 0 Å². The summed E-state index contributed by atoms with van der Waals surface area (Å²) in [5.74, 6) is -0.0468. The minimum atomic E-state index is -0.0468. The van der Waals surface area contributed by atoms with E-state index in [1.54, 1.807) is 18.6 Å². The number of rotatable bonds is 3. The molecule has 0 unspecified atom stereocenters. The van der Waals surface area contributed by atoms with Crippen LogP contribution in [0.4, 0.5) is 0 Å². The Kier molecular flexibility index (Phi) is 5.18. The van der Waals surface area contributed by atoms with Crippen molar-refractivity contribution in [2.75, 3.05) is 26.2 Å². The molecule has 6 nitrogen and oxygen atoms in total. The van der Waals surface area contributed by atoms with Gasteiger partial charge in [0.15, 0.2) is 0 Å². The lowest BCUT2D eigenvalue weighted by Crippen LogP contribution is -2.61. The number of carbonyl (C=O) groups is 1. The zero-order chi connectivity index (χ0) is 18.8. The average Bonchev–Trinajstić information content (AvgIpc) is 2.70. The van der Waals surface area contributed by atoms with Crippen molar-refractivity contribution in [1.82, 2.24) is 19.8 Å². The highest BCUT2D eigenvalue weighted by Crippen LogP contribution is 2.25. The number of morpholine rings is 1. The molecule has 1 amide bonds. The molecule has 4 rings (SSSR count). The molecule has 2 fully saturated rings. The fraction of sp³-hybridized carbons (Fsp3) is 0.476. The van der Waals surface area contributed by atoms with Crippen LogP contribution in [0.5, 0.6) is 0 Å². The van der Waals surface area contributed by atoms with E-state index in [2.05, 4.69) is 46.9 Å². The van der Waals surface area contributed by atoms with Gasteiger partial charge in [-0.1, -0.05) is 18.2 Å². The van der Waals surface area contributed by atoms with Gasteiger partial charge in [-0.05, 0) is 37.0 Å². The number of hydrogen-bond acceptors (Lipinski definition) is 5. The number of aromatic nitrogens is 2. The molecule has 2 aromatic rings. The standard InChI is InChI=1S/C21H26N4O2/c1-15-3-4-17(11-16(15)2)13-24-8-5-20-19(14-24)25(9-10-27-20)21(26)18-12-22-6-7-23-18/h3-4,6-7,11-12,19-20H,5,8-10,13-14H2,1-2H3/t19-,20-/m0/s1. The largest absolute Gasteiger partial charge is 0.374 e. The second kappa shape index (κ2) is 7.74. The van der Waals surface area contributed by atoms with Crippen LogP contribution in [0.25, 0.3) is 0 Å². The zero-order valence-electron chi connectivity index (χ0n) is 16.0. The van der Waals surface area contributed by atoms with Crippen LogP contribution < -0.4 is 0 Å². The number of benzene rings is 1. The van der Waals surface area contributed by atoms with Crippen LogP contribution in [0.3, 0.4) is 0 Å².